The molecule has 580 valence electrons. The van der Waals surface area contributed by atoms with Crippen molar-refractivity contribution in [2.24, 2.45) is 0 Å². The van der Waals surface area contributed by atoms with E-state index in [4.69, 9.17) is 9.16 Å². The Balaban J connectivity index is 1.08. The number of aryl methyl sites for hydroxylation is 2. The first kappa shape index (κ1) is 81.7. The van der Waals surface area contributed by atoms with Crippen LogP contribution in [0.4, 0.5) is 34.1 Å². The van der Waals surface area contributed by atoms with Crippen LogP contribution in [0.2, 0.25) is 6.55 Å². The first-order valence-electron chi connectivity index (χ1n) is 42.7. The summed E-state index contributed by atoms with van der Waals surface area (Å²) < 4.78 is 14.0. The Kier molecular flexibility index (Phi) is 26.5. The first-order chi connectivity index (χ1) is 53.3. The number of ether oxygens (including phenoxy) is 1. The molecule has 12 rings (SSSR count). The molecule has 5 heteroatoms. The summed E-state index contributed by atoms with van der Waals surface area (Å²) in [7, 11) is -1.02. The molecule has 0 N–H and O–H groups in total. The molecule has 1 unspecified atom stereocenters. The molecule has 0 aromatic heterocycles. The minimum absolute atomic E-state index is 0.0355. The fourth-order valence-electron chi connectivity index (χ4n) is 16.7. The predicted molar refractivity (Wildman–Crippen MR) is 489 cm³/mol. The summed E-state index contributed by atoms with van der Waals surface area (Å²) in [5.74, 6) is 0.932. The minimum atomic E-state index is -3.00. The van der Waals surface area contributed by atoms with E-state index in [0.29, 0.717) is 0 Å². The highest BCUT2D eigenvalue weighted by atomic mass is 28.4. The highest BCUT2D eigenvalue weighted by Crippen LogP contribution is 2.48. The van der Waals surface area contributed by atoms with Gasteiger partial charge in [0.1, 0.15) is 5.75 Å². The molecule has 0 bridgehead atoms. The van der Waals surface area contributed by atoms with Crippen LogP contribution >= 0.6 is 0 Å². The Morgan fingerprint density at radius 3 is 1.12 bits per heavy atom. The number of nitrogens with zero attached hydrogens (tertiary/aromatic N) is 2. The van der Waals surface area contributed by atoms with Gasteiger partial charge < -0.3 is 19.0 Å². The monoisotopic (exact) mass is 1490 g/mol. The van der Waals surface area contributed by atoms with E-state index in [1.54, 1.807) is 0 Å². The van der Waals surface area contributed by atoms with Gasteiger partial charge in [0.2, 0.25) is 0 Å². The fourth-order valence-corrected chi connectivity index (χ4v) is 19.6. The van der Waals surface area contributed by atoms with Crippen molar-refractivity contribution in [3.63, 3.8) is 0 Å². The van der Waals surface area contributed by atoms with E-state index in [9.17, 15) is 0 Å². The molecule has 1 atom stereocenters. The maximum absolute atomic E-state index is 7.28. The second kappa shape index (κ2) is 36.0. The van der Waals surface area contributed by atoms with Gasteiger partial charge in [-0.3, -0.25) is 0 Å². The Morgan fingerprint density at radius 2 is 0.685 bits per heavy atom. The molecule has 12 aromatic rings. The number of anilines is 6. The van der Waals surface area contributed by atoms with Crippen molar-refractivity contribution in [1.29, 1.82) is 0 Å². The lowest BCUT2D eigenvalue weighted by Crippen LogP contribution is -2.58. The van der Waals surface area contributed by atoms with Crippen molar-refractivity contribution in [1.82, 2.24) is 0 Å². The van der Waals surface area contributed by atoms with Crippen LogP contribution in [0.15, 0.2) is 224 Å². The van der Waals surface area contributed by atoms with Crippen molar-refractivity contribution in [2.75, 3.05) is 23.5 Å². The van der Waals surface area contributed by atoms with Crippen LogP contribution in [0.1, 0.15) is 253 Å². The standard InChI is InChI=1S/C106H130N2O2Si/c1-18-21-24-27-30-33-37-76-41-66-96-97(68-76)102(83-45-43-80-72-93(57-47-78(80)70-83)108(90-62-52-86(53-63-90)105(10,11)12)91-64-54-87(55-65-91)106(13,14)15)99-75-100(111(17,109-16)95-40-36-39-94(74-95)110-67-35-32-29-26-23-20-3)81(38-34-31-28-25-22-19-2)73-98(99)101(96)82-44-42-79-71-92(56-46-77(79)69-82)107(88-58-48-84(49-59-88)103(4,5)6)89-60-50-85(51-61-89)104(7,8)9/h36,39-66,68-75H,18-35,37-38,67H2,1-17H3. The molecule has 0 aliphatic rings. The summed E-state index contributed by atoms with van der Waals surface area (Å²) in [5.41, 5.74) is 20.1. The lowest BCUT2D eigenvalue weighted by atomic mass is 9.83. The van der Waals surface area contributed by atoms with Gasteiger partial charge in [-0.1, -0.05) is 328 Å². The lowest BCUT2D eigenvalue weighted by molar-refractivity contribution is 0.304. The van der Waals surface area contributed by atoms with Crippen LogP contribution in [0.3, 0.4) is 0 Å². The van der Waals surface area contributed by atoms with E-state index in [-0.39, 0.29) is 21.7 Å². The molecule has 0 radical (unpaired) electrons. The van der Waals surface area contributed by atoms with E-state index in [1.165, 1.54) is 212 Å². The summed E-state index contributed by atoms with van der Waals surface area (Å²) in [6.07, 6.45) is 24.2. The number of rotatable bonds is 33. The predicted octanol–water partition coefficient (Wildman–Crippen LogP) is 30.6. The topological polar surface area (TPSA) is 24.9 Å². The van der Waals surface area contributed by atoms with E-state index in [1.807, 2.05) is 7.11 Å². The van der Waals surface area contributed by atoms with Gasteiger partial charge in [-0.05, 0) is 266 Å². The van der Waals surface area contributed by atoms with Gasteiger partial charge in [-0.15, -0.1) is 0 Å². The number of hydrogen-bond acceptors (Lipinski definition) is 4. The number of fused-ring (bicyclic) bond motifs is 4. The van der Waals surface area contributed by atoms with Gasteiger partial charge in [0.25, 0.3) is 8.32 Å². The highest BCUT2D eigenvalue weighted by Gasteiger charge is 2.37. The molecular formula is C106H130N2O2Si. The quantitative estimate of drug-likeness (QED) is 0.0233. The lowest BCUT2D eigenvalue weighted by Gasteiger charge is -2.31. The Morgan fingerprint density at radius 1 is 0.315 bits per heavy atom. The molecule has 111 heavy (non-hydrogen) atoms. The molecule has 0 aliphatic heterocycles. The van der Waals surface area contributed by atoms with Gasteiger partial charge in [0.05, 0.1) is 6.61 Å². The third-order valence-corrected chi connectivity index (χ3v) is 27.5. The summed E-state index contributed by atoms with van der Waals surface area (Å²) in [5, 5.41) is 12.5. The zero-order valence-corrected chi connectivity index (χ0v) is 71.9. The van der Waals surface area contributed by atoms with E-state index < -0.39 is 8.32 Å². The normalized spacial score (nSPS) is 12.9. The Bertz CT molecular complexity index is 4960. The number of hydrogen-bond donors (Lipinski definition) is 0. The third-order valence-electron chi connectivity index (χ3n) is 23.8. The van der Waals surface area contributed by atoms with E-state index in [0.717, 1.165) is 72.2 Å². The van der Waals surface area contributed by atoms with E-state index in [2.05, 4.69) is 345 Å². The fraction of sp³-hybridized carbons (Fsp3) is 0.396. The second-order valence-electron chi connectivity index (χ2n) is 36.5. The Labute approximate surface area is 670 Å². The number of benzene rings is 12. The molecular weight excluding hydrogens is 1360 g/mol. The minimum Gasteiger partial charge on any atom is -0.494 e. The average Bonchev–Trinajstić information content (AvgIpc) is 0.714. The zero-order chi connectivity index (χ0) is 78.7. The molecule has 0 saturated carbocycles. The third kappa shape index (κ3) is 19.5. The molecule has 0 spiro atoms. The average molecular weight is 1490 g/mol. The Hall–Kier alpha value is -8.74. The van der Waals surface area contributed by atoms with Gasteiger partial charge in [-0.25, -0.2) is 0 Å². The first-order valence-corrected chi connectivity index (χ1v) is 45.1. The van der Waals surface area contributed by atoms with Crippen LogP contribution in [0.5, 0.6) is 5.75 Å². The van der Waals surface area contributed by atoms with Crippen LogP contribution < -0.4 is 24.9 Å². The summed E-state index contributed by atoms with van der Waals surface area (Å²) >= 11 is 0. The summed E-state index contributed by atoms with van der Waals surface area (Å²) in [6, 6.07) is 87.9. The molecule has 4 nitrogen and oxygen atoms in total. The SMILES string of the molecule is CCCCCCCCOc1cccc([Si](C)(OC)c2cc3c(-c4ccc5cc(N(c6ccc(C(C)(C)C)cc6)c6ccc(C(C)(C)C)cc6)ccc5c4)c4cc(CCCCCCCC)ccc4c(-c4ccc5cc(N(c6ccc(C(C)(C)C)cc6)c6ccc(C(C)(C)C)cc6)ccc5c4)c3cc2CCCCCCCC)c1. The summed E-state index contributed by atoms with van der Waals surface area (Å²) in [4.78, 5) is 4.88. The molecule has 0 amide bonds. The molecule has 0 saturated heterocycles. The van der Waals surface area contributed by atoms with Crippen molar-refractivity contribution >= 4 is 95.9 Å². The van der Waals surface area contributed by atoms with Crippen LogP contribution in [-0.2, 0) is 38.9 Å². The van der Waals surface area contributed by atoms with Gasteiger partial charge in [0.15, 0.2) is 0 Å². The van der Waals surface area contributed by atoms with Crippen molar-refractivity contribution in [3.8, 4) is 28.0 Å². The van der Waals surface area contributed by atoms with Gasteiger partial charge >= 0.3 is 0 Å². The zero-order valence-electron chi connectivity index (χ0n) is 70.9. The second-order valence-corrected chi connectivity index (χ2v) is 40.0. The smallest absolute Gasteiger partial charge is 0.252 e. The molecule has 0 heterocycles. The van der Waals surface area contributed by atoms with E-state index >= 15 is 0 Å². The molecule has 0 aliphatic carbocycles. The molecule has 0 fully saturated rings. The number of unbranched alkanes of at least 4 members (excludes halogenated alkanes) is 15. The van der Waals surface area contributed by atoms with Crippen molar-refractivity contribution < 1.29 is 9.16 Å². The summed E-state index contributed by atoms with van der Waals surface area (Å²) in [6.45, 7) is 37.7. The molecule has 12 aromatic carbocycles. The highest BCUT2D eigenvalue weighted by molar-refractivity contribution is 6.97. The van der Waals surface area contributed by atoms with Crippen LogP contribution in [0.25, 0.3) is 65.3 Å². The van der Waals surface area contributed by atoms with Crippen LogP contribution in [-0.4, -0.2) is 22.0 Å². The maximum atomic E-state index is 7.28. The van der Waals surface area contributed by atoms with Crippen LogP contribution in [0, 0.1) is 0 Å². The van der Waals surface area contributed by atoms with Crippen molar-refractivity contribution in [3.05, 3.63) is 258 Å². The largest absolute Gasteiger partial charge is 0.494 e. The van der Waals surface area contributed by atoms with Gasteiger partial charge in [-0.2, -0.15) is 0 Å². The maximum Gasteiger partial charge on any atom is 0.252 e. The van der Waals surface area contributed by atoms with Crippen molar-refractivity contribution in [2.45, 2.75) is 260 Å². The van der Waals surface area contributed by atoms with Gasteiger partial charge in [0, 0.05) is 41.2 Å².